The van der Waals surface area contributed by atoms with Gasteiger partial charge in [0.25, 0.3) is 0 Å². The van der Waals surface area contributed by atoms with Crippen LogP contribution in [0.3, 0.4) is 0 Å². The fourth-order valence-electron chi connectivity index (χ4n) is 3.80. The number of halogens is 1. The Bertz CT molecular complexity index is 1460. The number of ketones is 1. The number of rotatable bonds is 7. The van der Waals surface area contributed by atoms with E-state index < -0.39 is 0 Å². The topological polar surface area (TPSA) is 47.8 Å². The number of thioether (sulfide) groups is 1. The maximum atomic E-state index is 13.0. The molecule has 4 aromatic carbocycles. The Hall–Kier alpha value is -3.67. The summed E-state index contributed by atoms with van der Waals surface area (Å²) >= 11 is 7.84. The van der Waals surface area contributed by atoms with E-state index in [0.717, 1.165) is 27.9 Å². The predicted octanol–water partition coefficient (Wildman–Crippen LogP) is 7.54. The highest BCUT2D eigenvalue weighted by Gasteiger charge is 2.19. The SMILES string of the molecule is Cc1ccc(-n2c(SCC(=O)c3ccc(-c4ccccc4)cc3)nnc2-c2ccccc2Cl)cc1. The maximum Gasteiger partial charge on any atom is 0.196 e. The van der Waals surface area contributed by atoms with Gasteiger partial charge in [-0.2, -0.15) is 0 Å². The smallest absolute Gasteiger partial charge is 0.196 e. The molecule has 172 valence electrons. The third-order valence-electron chi connectivity index (χ3n) is 5.69. The quantitative estimate of drug-likeness (QED) is 0.173. The van der Waals surface area contributed by atoms with E-state index in [2.05, 4.69) is 22.3 Å². The fraction of sp³-hybridized carbons (Fsp3) is 0.0690. The first-order valence-corrected chi connectivity index (χ1v) is 12.6. The van der Waals surface area contributed by atoms with Gasteiger partial charge in [-0.15, -0.1) is 10.2 Å². The van der Waals surface area contributed by atoms with Gasteiger partial charge in [0.05, 0.1) is 10.8 Å². The fourth-order valence-corrected chi connectivity index (χ4v) is 4.87. The van der Waals surface area contributed by atoms with E-state index in [1.165, 1.54) is 11.8 Å². The zero-order valence-electron chi connectivity index (χ0n) is 19.1. The number of carbonyl (C=O) groups excluding carboxylic acids is 1. The first kappa shape index (κ1) is 23.1. The lowest BCUT2D eigenvalue weighted by molar-refractivity contribution is 0.102. The summed E-state index contributed by atoms with van der Waals surface area (Å²) in [5.74, 6) is 0.922. The molecule has 6 heteroatoms. The van der Waals surface area contributed by atoms with Crippen molar-refractivity contribution in [1.82, 2.24) is 14.8 Å². The average molecular weight is 496 g/mol. The number of carbonyl (C=O) groups is 1. The summed E-state index contributed by atoms with van der Waals surface area (Å²) in [5, 5.41) is 10.1. The molecule has 0 spiro atoms. The summed E-state index contributed by atoms with van der Waals surface area (Å²) in [4.78, 5) is 13.0. The highest BCUT2D eigenvalue weighted by Crippen LogP contribution is 2.32. The van der Waals surface area contributed by atoms with Gasteiger partial charge in [0.15, 0.2) is 16.8 Å². The summed E-state index contributed by atoms with van der Waals surface area (Å²) in [7, 11) is 0. The van der Waals surface area contributed by atoms with Crippen molar-refractivity contribution in [3.8, 4) is 28.2 Å². The Morgan fingerprint density at radius 2 is 1.46 bits per heavy atom. The zero-order valence-corrected chi connectivity index (χ0v) is 20.6. The molecule has 0 unspecified atom stereocenters. The molecular formula is C29H22ClN3OS. The van der Waals surface area contributed by atoms with E-state index >= 15 is 0 Å². The van der Waals surface area contributed by atoms with Crippen molar-refractivity contribution in [1.29, 1.82) is 0 Å². The highest BCUT2D eigenvalue weighted by molar-refractivity contribution is 7.99. The number of hydrogen-bond donors (Lipinski definition) is 0. The predicted molar refractivity (Wildman–Crippen MR) is 143 cm³/mol. The van der Waals surface area contributed by atoms with Crippen LogP contribution in [0.2, 0.25) is 5.02 Å². The van der Waals surface area contributed by atoms with Gasteiger partial charge in [0.1, 0.15) is 0 Å². The van der Waals surface area contributed by atoms with Crippen molar-refractivity contribution < 1.29 is 4.79 Å². The van der Waals surface area contributed by atoms with Crippen molar-refractivity contribution in [2.75, 3.05) is 5.75 Å². The summed E-state index contributed by atoms with van der Waals surface area (Å²) < 4.78 is 1.96. The Labute approximate surface area is 213 Å². The molecule has 0 saturated heterocycles. The Morgan fingerprint density at radius 1 is 0.800 bits per heavy atom. The number of benzene rings is 4. The molecule has 0 aliphatic heterocycles. The molecule has 5 aromatic rings. The molecule has 0 fully saturated rings. The van der Waals surface area contributed by atoms with E-state index in [4.69, 9.17) is 11.6 Å². The normalized spacial score (nSPS) is 10.9. The summed E-state index contributed by atoms with van der Waals surface area (Å²) in [5.41, 5.74) is 5.74. The number of hydrogen-bond acceptors (Lipinski definition) is 4. The molecule has 1 aromatic heterocycles. The van der Waals surface area contributed by atoms with E-state index in [0.29, 0.717) is 21.6 Å². The van der Waals surface area contributed by atoms with E-state index in [-0.39, 0.29) is 11.5 Å². The zero-order chi connectivity index (χ0) is 24.2. The molecule has 1 heterocycles. The second-order valence-electron chi connectivity index (χ2n) is 8.11. The Morgan fingerprint density at radius 3 is 2.17 bits per heavy atom. The molecule has 0 amide bonds. The number of nitrogens with zero attached hydrogens (tertiary/aromatic N) is 3. The standard InChI is InChI=1S/C29H22ClN3OS/c1-20-11-17-24(18-12-20)33-28(25-9-5-6-10-26(25)30)31-32-29(33)35-19-27(34)23-15-13-22(14-16-23)21-7-3-2-4-8-21/h2-18H,19H2,1H3. The van der Waals surface area contributed by atoms with Gasteiger partial charge in [0.2, 0.25) is 0 Å². The second kappa shape index (κ2) is 10.3. The lowest BCUT2D eigenvalue weighted by atomic mass is 10.0. The minimum atomic E-state index is 0.0346. The van der Waals surface area contributed by atoms with Crippen LogP contribution in [-0.4, -0.2) is 26.3 Å². The van der Waals surface area contributed by atoms with Crippen LogP contribution in [0.4, 0.5) is 0 Å². The van der Waals surface area contributed by atoms with Gasteiger partial charge in [-0.05, 0) is 42.3 Å². The lowest BCUT2D eigenvalue weighted by Gasteiger charge is -2.11. The Kier molecular flexibility index (Phi) is 6.80. The van der Waals surface area contributed by atoms with Crippen LogP contribution in [0.1, 0.15) is 15.9 Å². The average Bonchev–Trinajstić information content (AvgIpc) is 3.32. The van der Waals surface area contributed by atoms with Gasteiger partial charge in [-0.1, -0.05) is 108 Å². The molecule has 35 heavy (non-hydrogen) atoms. The van der Waals surface area contributed by atoms with Gasteiger partial charge < -0.3 is 0 Å². The monoisotopic (exact) mass is 495 g/mol. The first-order valence-electron chi connectivity index (χ1n) is 11.2. The van der Waals surface area contributed by atoms with Gasteiger partial charge in [0, 0.05) is 16.8 Å². The number of aryl methyl sites for hydroxylation is 1. The van der Waals surface area contributed by atoms with Crippen molar-refractivity contribution in [3.63, 3.8) is 0 Å². The minimum Gasteiger partial charge on any atom is -0.293 e. The molecular weight excluding hydrogens is 474 g/mol. The number of aromatic nitrogens is 3. The van der Waals surface area contributed by atoms with Crippen molar-refractivity contribution in [2.24, 2.45) is 0 Å². The largest absolute Gasteiger partial charge is 0.293 e. The molecule has 0 N–H and O–H groups in total. The first-order chi connectivity index (χ1) is 17.1. The third-order valence-corrected chi connectivity index (χ3v) is 6.95. The third kappa shape index (κ3) is 5.06. The van der Waals surface area contributed by atoms with Crippen molar-refractivity contribution in [2.45, 2.75) is 12.1 Å². The molecule has 0 atom stereocenters. The second-order valence-corrected chi connectivity index (χ2v) is 9.46. The lowest BCUT2D eigenvalue weighted by Crippen LogP contribution is -2.05. The number of Topliss-reactive ketones (excluding diaryl/α,β-unsaturated/α-hetero) is 1. The van der Waals surface area contributed by atoms with Crippen LogP contribution in [0.25, 0.3) is 28.2 Å². The maximum absolute atomic E-state index is 13.0. The van der Waals surface area contributed by atoms with Gasteiger partial charge >= 0.3 is 0 Å². The molecule has 4 nitrogen and oxygen atoms in total. The van der Waals surface area contributed by atoms with Crippen LogP contribution < -0.4 is 0 Å². The van der Waals surface area contributed by atoms with Crippen LogP contribution in [0.5, 0.6) is 0 Å². The van der Waals surface area contributed by atoms with Crippen molar-refractivity contribution in [3.05, 3.63) is 119 Å². The van der Waals surface area contributed by atoms with E-state index in [9.17, 15) is 4.79 Å². The van der Waals surface area contributed by atoms with E-state index in [1.807, 2.05) is 102 Å². The van der Waals surface area contributed by atoms with Crippen LogP contribution >= 0.6 is 23.4 Å². The van der Waals surface area contributed by atoms with Crippen LogP contribution in [0, 0.1) is 6.92 Å². The highest BCUT2D eigenvalue weighted by atomic mass is 35.5. The van der Waals surface area contributed by atoms with Crippen molar-refractivity contribution >= 4 is 29.1 Å². The van der Waals surface area contributed by atoms with Gasteiger partial charge in [-0.3, -0.25) is 9.36 Å². The van der Waals surface area contributed by atoms with Gasteiger partial charge in [-0.25, -0.2) is 0 Å². The minimum absolute atomic E-state index is 0.0346. The molecule has 0 aliphatic rings. The summed E-state index contributed by atoms with van der Waals surface area (Å²) in [6, 6.07) is 33.5. The molecule has 0 aliphatic carbocycles. The van der Waals surface area contributed by atoms with Crippen LogP contribution in [-0.2, 0) is 0 Å². The Balaban J connectivity index is 1.41. The molecule has 0 saturated carbocycles. The summed E-state index contributed by atoms with van der Waals surface area (Å²) in [6.07, 6.45) is 0. The molecule has 0 bridgehead atoms. The summed E-state index contributed by atoms with van der Waals surface area (Å²) in [6.45, 7) is 2.04. The molecule has 0 radical (unpaired) electrons. The van der Waals surface area contributed by atoms with E-state index in [1.54, 1.807) is 0 Å². The van der Waals surface area contributed by atoms with Crippen LogP contribution in [0.15, 0.2) is 108 Å². The molecule has 5 rings (SSSR count).